The zero-order valence-electron chi connectivity index (χ0n) is 19.0. The summed E-state index contributed by atoms with van der Waals surface area (Å²) in [5.41, 5.74) is 6.44. The molecule has 0 saturated heterocycles. The predicted octanol–water partition coefficient (Wildman–Crippen LogP) is 3.54. The van der Waals surface area contributed by atoms with E-state index in [2.05, 4.69) is 36.5 Å². The molecule has 7 nitrogen and oxygen atoms in total. The van der Waals surface area contributed by atoms with Crippen molar-refractivity contribution in [1.29, 1.82) is 0 Å². The fourth-order valence-corrected chi connectivity index (χ4v) is 2.99. The fourth-order valence-electron chi connectivity index (χ4n) is 2.99. The molecular weight excluding hydrogens is 394 g/mol. The summed E-state index contributed by atoms with van der Waals surface area (Å²) in [4.78, 5) is 26.9. The van der Waals surface area contributed by atoms with E-state index in [1.807, 2.05) is 19.1 Å². The molecule has 168 valence electrons. The fraction of sp³-hybridized carbons (Fsp3) is 0.417. The van der Waals surface area contributed by atoms with Gasteiger partial charge in [-0.25, -0.2) is 0 Å². The number of ether oxygens (including phenoxy) is 2. The third kappa shape index (κ3) is 7.61. The van der Waals surface area contributed by atoms with Crippen LogP contribution in [0.25, 0.3) is 0 Å². The largest absolute Gasteiger partial charge is 0.494 e. The van der Waals surface area contributed by atoms with Crippen molar-refractivity contribution in [3.63, 3.8) is 0 Å². The van der Waals surface area contributed by atoms with E-state index < -0.39 is 12.0 Å². The van der Waals surface area contributed by atoms with E-state index in [1.165, 1.54) is 0 Å². The summed E-state index contributed by atoms with van der Waals surface area (Å²) < 4.78 is 11.0. The monoisotopic (exact) mass is 427 g/mol. The van der Waals surface area contributed by atoms with Crippen LogP contribution in [0, 0.1) is 0 Å². The lowest BCUT2D eigenvalue weighted by molar-refractivity contribution is -0.128. The molecule has 0 heterocycles. The normalized spacial score (nSPS) is 11.8. The average molecular weight is 428 g/mol. The topological polar surface area (TPSA) is 79.9 Å². The van der Waals surface area contributed by atoms with E-state index in [0.717, 1.165) is 24.4 Å². The van der Waals surface area contributed by atoms with Crippen LogP contribution in [-0.2, 0) is 11.3 Å². The summed E-state index contributed by atoms with van der Waals surface area (Å²) in [6.07, 6.45) is -0.781. The molecule has 0 radical (unpaired) electrons. The van der Waals surface area contributed by atoms with Crippen LogP contribution in [0.3, 0.4) is 0 Å². The number of carbonyl (C=O) groups is 2. The lowest BCUT2D eigenvalue weighted by Gasteiger charge is -2.24. The molecule has 0 spiro atoms. The summed E-state index contributed by atoms with van der Waals surface area (Å²) in [6.45, 7) is 12.3. The second-order valence-corrected chi connectivity index (χ2v) is 7.46. The minimum atomic E-state index is -0.781. The quantitative estimate of drug-likeness (QED) is 0.567. The molecule has 2 aromatic rings. The van der Waals surface area contributed by atoms with Gasteiger partial charge in [0, 0.05) is 18.2 Å². The lowest BCUT2D eigenvalue weighted by atomic mass is 10.1. The van der Waals surface area contributed by atoms with Crippen LogP contribution in [0.4, 0.5) is 0 Å². The maximum absolute atomic E-state index is 12.3. The van der Waals surface area contributed by atoms with Gasteiger partial charge < -0.3 is 9.47 Å². The molecule has 1 atom stereocenters. The first-order chi connectivity index (χ1) is 14.8. The molecule has 1 unspecified atom stereocenters. The van der Waals surface area contributed by atoms with Crippen molar-refractivity contribution in [2.24, 2.45) is 0 Å². The van der Waals surface area contributed by atoms with Crippen molar-refractivity contribution in [3.8, 4) is 11.5 Å². The standard InChI is InChI=1S/C24H33N3O4/c1-6-27(17(3)4)16-19-8-10-20(11-9-19)24(29)26-25-23(28)18(5)31-22-14-12-21(13-15-22)30-7-2/h8-15,17-18H,6-7,16H2,1-5H3,(H,25,28)(H,26,29). The summed E-state index contributed by atoms with van der Waals surface area (Å²) in [5.74, 6) is 0.436. The second kappa shape index (κ2) is 12.0. The Morgan fingerprint density at radius 1 is 0.903 bits per heavy atom. The molecule has 31 heavy (non-hydrogen) atoms. The zero-order valence-corrected chi connectivity index (χ0v) is 19.0. The average Bonchev–Trinajstić information content (AvgIpc) is 2.77. The highest BCUT2D eigenvalue weighted by molar-refractivity contribution is 5.95. The number of rotatable bonds is 10. The minimum Gasteiger partial charge on any atom is -0.494 e. The first-order valence-corrected chi connectivity index (χ1v) is 10.7. The van der Waals surface area contributed by atoms with Crippen molar-refractivity contribution in [2.75, 3.05) is 13.2 Å². The van der Waals surface area contributed by atoms with Gasteiger partial charge in [0.05, 0.1) is 6.61 Å². The first kappa shape index (κ1) is 24.2. The van der Waals surface area contributed by atoms with Gasteiger partial charge in [-0.2, -0.15) is 0 Å². The number of hydrogen-bond donors (Lipinski definition) is 2. The Morgan fingerprint density at radius 2 is 1.52 bits per heavy atom. The highest BCUT2D eigenvalue weighted by Gasteiger charge is 2.16. The molecule has 0 bridgehead atoms. The zero-order chi connectivity index (χ0) is 22.8. The molecule has 0 saturated carbocycles. The molecule has 2 aromatic carbocycles. The summed E-state index contributed by atoms with van der Waals surface area (Å²) in [6, 6.07) is 14.8. The molecule has 0 aliphatic carbocycles. The summed E-state index contributed by atoms with van der Waals surface area (Å²) in [7, 11) is 0. The van der Waals surface area contributed by atoms with Gasteiger partial charge in [-0.1, -0.05) is 19.1 Å². The van der Waals surface area contributed by atoms with Gasteiger partial charge in [0.1, 0.15) is 11.5 Å². The van der Waals surface area contributed by atoms with E-state index in [4.69, 9.17) is 9.47 Å². The van der Waals surface area contributed by atoms with Crippen molar-refractivity contribution in [1.82, 2.24) is 15.8 Å². The van der Waals surface area contributed by atoms with Crippen LogP contribution in [-0.4, -0.2) is 42.0 Å². The van der Waals surface area contributed by atoms with E-state index in [1.54, 1.807) is 43.3 Å². The van der Waals surface area contributed by atoms with Crippen molar-refractivity contribution in [3.05, 3.63) is 59.7 Å². The Bertz CT molecular complexity index is 835. The van der Waals surface area contributed by atoms with Gasteiger partial charge >= 0.3 is 0 Å². The van der Waals surface area contributed by atoms with Crippen LogP contribution in [0.5, 0.6) is 11.5 Å². The number of amides is 2. The Hall–Kier alpha value is -3.06. The van der Waals surface area contributed by atoms with E-state index >= 15 is 0 Å². The molecule has 7 heteroatoms. The third-order valence-corrected chi connectivity index (χ3v) is 4.85. The number of nitrogens with one attached hydrogen (secondary N) is 2. The number of nitrogens with zero attached hydrogens (tertiary/aromatic N) is 1. The number of hydrogen-bond acceptors (Lipinski definition) is 5. The molecule has 2 amide bonds. The predicted molar refractivity (Wildman–Crippen MR) is 121 cm³/mol. The molecule has 0 aromatic heterocycles. The minimum absolute atomic E-state index is 0.385. The second-order valence-electron chi connectivity index (χ2n) is 7.46. The molecule has 2 N–H and O–H groups in total. The number of benzene rings is 2. The van der Waals surface area contributed by atoms with Gasteiger partial charge in [0.25, 0.3) is 11.8 Å². The Kier molecular flexibility index (Phi) is 9.34. The van der Waals surface area contributed by atoms with Crippen molar-refractivity contribution in [2.45, 2.75) is 53.3 Å². The van der Waals surface area contributed by atoms with Gasteiger partial charge in [0.15, 0.2) is 6.10 Å². The molecule has 0 aliphatic rings. The van der Waals surface area contributed by atoms with Gasteiger partial charge in [0.2, 0.25) is 0 Å². The highest BCUT2D eigenvalue weighted by Crippen LogP contribution is 2.18. The maximum Gasteiger partial charge on any atom is 0.279 e. The van der Waals surface area contributed by atoms with Gasteiger partial charge in [-0.05, 0) is 76.2 Å². The SMILES string of the molecule is CCOc1ccc(OC(C)C(=O)NNC(=O)c2ccc(CN(CC)C(C)C)cc2)cc1. The van der Waals surface area contributed by atoms with Crippen LogP contribution >= 0.6 is 0 Å². The Balaban J connectivity index is 1.83. The molecular formula is C24H33N3O4. The molecule has 2 rings (SSSR count). The van der Waals surface area contributed by atoms with E-state index in [-0.39, 0.29) is 5.91 Å². The first-order valence-electron chi connectivity index (χ1n) is 10.7. The van der Waals surface area contributed by atoms with Crippen LogP contribution < -0.4 is 20.3 Å². The van der Waals surface area contributed by atoms with E-state index in [0.29, 0.717) is 24.0 Å². The van der Waals surface area contributed by atoms with Crippen molar-refractivity contribution >= 4 is 11.8 Å². The summed E-state index contributed by atoms with van der Waals surface area (Å²) in [5, 5.41) is 0. The Labute approximate surface area is 184 Å². The third-order valence-electron chi connectivity index (χ3n) is 4.85. The lowest BCUT2D eigenvalue weighted by Crippen LogP contribution is -2.47. The van der Waals surface area contributed by atoms with Crippen LogP contribution in [0.15, 0.2) is 48.5 Å². The van der Waals surface area contributed by atoms with Crippen molar-refractivity contribution < 1.29 is 19.1 Å². The molecule has 0 fully saturated rings. The van der Waals surface area contributed by atoms with Gasteiger partial charge in [-0.15, -0.1) is 0 Å². The van der Waals surface area contributed by atoms with Crippen LogP contribution in [0.2, 0.25) is 0 Å². The van der Waals surface area contributed by atoms with Gasteiger partial charge in [-0.3, -0.25) is 25.3 Å². The maximum atomic E-state index is 12.3. The highest BCUT2D eigenvalue weighted by atomic mass is 16.5. The smallest absolute Gasteiger partial charge is 0.279 e. The Morgan fingerprint density at radius 3 is 2.06 bits per heavy atom. The number of carbonyl (C=O) groups excluding carboxylic acids is 2. The molecule has 0 aliphatic heterocycles. The number of hydrazine groups is 1. The van der Waals surface area contributed by atoms with E-state index in [9.17, 15) is 9.59 Å². The van der Waals surface area contributed by atoms with Crippen LogP contribution in [0.1, 0.15) is 50.5 Å². The summed E-state index contributed by atoms with van der Waals surface area (Å²) >= 11 is 0.